The minimum Gasteiger partial charge on any atom is -0.300 e. The topological polar surface area (TPSA) is 17.1 Å². The molecule has 2 heteroatoms. The number of hydrogen-bond donors (Lipinski definition) is 0. The van der Waals surface area contributed by atoms with Crippen LogP contribution in [0.25, 0.3) is 0 Å². The fourth-order valence-electron chi connectivity index (χ4n) is 1.78. The van der Waals surface area contributed by atoms with Crippen LogP contribution in [0.1, 0.15) is 58.3 Å². The van der Waals surface area contributed by atoms with E-state index in [1.165, 1.54) is 38.5 Å². The highest BCUT2D eigenvalue weighted by Crippen LogP contribution is 2.10. The van der Waals surface area contributed by atoms with Crippen molar-refractivity contribution in [1.29, 1.82) is 0 Å². The second kappa shape index (κ2) is 9.64. The lowest BCUT2D eigenvalue weighted by Gasteiger charge is -2.07. The summed E-state index contributed by atoms with van der Waals surface area (Å²) in [4.78, 5) is 10.7. The van der Waals surface area contributed by atoms with E-state index in [1.807, 2.05) is 0 Å². The molecule has 0 rings (SSSR count). The van der Waals surface area contributed by atoms with Gasteiger partial charge in [0.15, 0.2) is 0 Å². The summed E-state index contributed by atoms with van der Waals surface area (Å²) in [6.45, 7) is 8.81. The van der Waals surface area contributed by atoms with Gasteiger partial charge in [-0.25, -0.2) is 0 Å². The van der Waals surface area contributed by atoms with Crippen LogP contribution in [0.4, 0.5) is 0 Å². The van der Waals surface area contributed by atoms with E-state index >= 15 is 0 Å². The number of ketones is 1. The highest BCUT2D eigenvalue weighted by atomic mass is 28.3. The molecule has 0 atom stereocenters. The Balaban J connectivity index is 3.19. The summed E-state index contributed by atoms with van der Waals surface area (Å²) in [7, 11) is -0.967. The zero-order chi connectivity index (χ0) is 13.1. The maximum absolute atomic E-state index is 10.7. The summed E-state index contributed by atoms with van der Waals surface area (Å²) in [6.07, 6.45) is 12.0. The fourth-order valence-corrected chi connectivity index (χ4v) is 2.65. The minimum absolute atomic E-state index is 0.335. The maximum atomic E-state index is 10.7. The van der Waals surface area contributed by atoms with Crippen LogP contribution in [0, 0.1) is 0 Å². The molecular weight excluding hydrogens is 224 g/mol. The highest BCUT2D eigenvalue weighted by molar-refractivity contribution is 6.80. The van der Waals surface area contributed by atoms with Crippen LogP contribution in [0.3, 0.4) is 0 Å². The summed E-state index contributed by atoms with van der Waals surface area (Å²) in [5.74, 6) is 0.335. The summed E-state index contributed by atoms with van der Waals surface area (Å²) < 4.78 is 0. The van der Waals surface area contributed by atoms with Crippen LogP contribution in [0.2, 0.25) is 19.6 Å². The molecule has 17 heavy (non-hydrogen) atoms. The van der Waals surface area contributed by atoms with Crippen molar-refractivity contribution >= 4 is 13.9 Å². The van der Waals surface area contributed by atoms with Crippen LogP contribution in [0.15, 0.2) is 11.8 Å². The third-order valence-corrected chi connectivity index (χ3v) is 4.00. The Morgan fingerprint density at radius 3 is 2.00 bits per heavy atom. The molecule has 1 nitrogen and oxygen atoms in total. The smallest absolute Gasteiger partial charge is 0.129 e. The largest absolute Gasteiger partial charge is 0.300 e. The summed E-state index contributed by atoms with van der Waals surface area (Å²) in [5, 5.41) is 0. The number of unbranched alkanes of at least 4 members (excludes halogenated alkanes) is 6. The van der Waals surface area contributed by atoms with E-state index in [-0.39, 0.29) is 0 Å². The van der Waals surface area contributed by atoms with Crippen molar-refractivity contribution in [3.63, 3.8) is 0 Å². The van der Waals surface area contributed by atoms with Crippen LogP contribution in [0.5, 0.6) is 0 Å². The number of hydrogen-bond acceptors (Lipinski definition) is 1. The predicted octanol–water partition coefficient (Wildman–Crippen LogP) is 5.13. The van der Waals surface area contributed by atoms with E-state index in [2.05, 4.69) is 31.4 Å². The summed E-state index contributed by atoms with van der Waals surface area (Å²) in [5.41, 5.74) is 2.44. The first kappa shape index (κ1) is 16.6. The van der Waals surface area contributed by atoms with Crippen molar-refractivity contribution in [3.8, 4) is 0 Å². The van der Waals surface area contributed by atoms with Gasteiger partial charge in [0.2, 0.25) is 0 Å². The van der Waals surface area contributed by atoms with E-state index in [4.69, 9.17) is 0 Å². The molecule has 0 amide bonds. The second-order valence-corrected chi connectivity index (χ2v) is 11.2. The molecule has 100 valence electrons. The lowest BCUT2D eigenvalue weighted by molar-refractivity contribution is -0.117. The molecule has 0 saturated heterocycles. The van der Waals surface area contributed by atoms with Gasteiger partial charge in [-0.05, 0) is 26.2 Å². The van der Waals surface area contributed by atoms with E-state index in [9.17, 15) is 4.79 Å². The molecule has 0 bridgehead atoms. The Kier molecular flexibility index (Phi) is 9.42. The zero-order valence-electron chi connectivity index (χ0n) is 12.2. The Labute approximate surface area is 109 Å². The lowest BCUT2D eigenvalue weighted by Crippen LogP contribution is -2.15. The first-order chi connectivity index (χ1) is 7.92. The van der Waals surface area contributed by atoms with Crippen LogP contribution < -0.4 is 0 Å². The molecule has 0 N–H and O–H groups in total. The molecule has 0 aromatic heterocycles. The molecule has 0 fully saturated rings. The van der Waals surface area contributed by atoms with Gasteiger partial charge in [0.1, 0.15) is 5.78 Å². The number of rotatable bonds is 10. The van der Waals surface area contributed by atoms with Crippen molar-refractivity contribution in [3.05, 3.63) is 11.8 Å². The SMILES string of the molecule is CC(=O)CCCCCCCC/C=C/[Si](C)(C)C. The van der Waals surface area contributed by atoms with Crippen molar-refractivity contribution in [2.75, 3.05) is 0 Å². The number of carbonyl (C=O) groups is 1. The van der Waals surface area contributed by atoms with Gasteiger partial charge in [0, 0.05) is 6.42 Å². The Bertz CT molecular complexity index is 226. The predicted molar refractivity (Wildman–Crippen MR) is 80.1 cm³/mol. The van der Waals surface area contributed by atoms with Crippen LogP contribution >= 0.6 is 0 Å². The van der Waals surface area contributed by atoms with Gasteiger partial charge in [-0.15, -0.1) is 0 Å². The van der Waals surface area contributed by atoms with Crippen LogP contribution in [-0.2, 0) is 4.79 Å². The second-order valence-electron chi connectivity index (χ2n) is 6.13. The van der Waals surface area contributed by atoms with Crippen molar-refractivity contribution in [1.82, 2.24) is 0 Å². The van der Waals surface area contributed by atoms with E-state index < -0.39 is 8.07 Å². The molecule has 0 aliphatic carbocycles. The molecule has 0 aliphatic rings. The number of Topliss-reactive ketones (excluding diaryl/α,β-unsaturated/α-hetero) is 1. The van der Waals surface area contributed by atoms with Crippen LogP contribution in [-0.4, -0.2) is 13.9 Å². The third kappa shape index (κ3) is 15.6. The molecular formula is C15H30OSi. The highest BCUT2D eigenvalue weighted by Gasteiger charge is 2.05. The van der Waals surface area contributed by atoms with Crippen molar-refractivity contribution in [2.24, 2.45) is 0 Å². The Morgan fingerprint density at radius 2 is 1.47 bits per heavy atom. The van der Waals surface area contributed by atoms with Gasteiger partial charge in [-0.1, -0.05) is 57.1 Å². The zero-order valence-corrected chi connectivity index (χ0v) is 13.2. The van der Waals surface area contributed by atoms with Gasteiger partial charge in [0.05, 0.1) is 8.07 Å². The maximum Gasteiger partial charge on any atom is 0.129 e. The molecule has 0 saturated carbocycles. The Hall–Kier alpha value is -0.373. The molecule has 0 radical (unpaired) electrons. The van der Waals surface area contributed by atoms with Gasteiger partial charge in [-0.2, -0.15) is 0 Å². The minimum atomic E-state index is -0.967. The van der Waals surface area contributed by atoms with E-state index in [0.717, 1.165) is 12.8 Å². The summed E-state index contributed by atoms with van der Waals surface area (Å²) in [6, 6.07) is 0. The van der Waals surface area contributed by atoms with Gasteiger partial charge < -0.3 is 4.79 Å². The normalized spacial score (nSPS) is 12.2. The fraction of sp³-hybridized carbons (Fsp3) is 0.800. The quantitative estimate of drug-likeness (QED) is 0.390. The average molecular weight is 254 g/mol. The van der Waals surface area contributed by atoms with E-state index in [0.29, 0.717) is 5.78 Å². The molecule has 0 heterocycles. The molecule has 0 spiro atoms. The molecule has 0 unspecified atom stereocenters. The molecule has 0 aromatic rings. The standard InChI is InChI=1S/C15H30OSi/c1-15(16)13-11-9-7-5-6-8-10-12-14-17(2,3)4/h12,14H,5-11,13H2,1-4H3/b14-12+. The lowest BCUT2D eigenvalue weighted by atomic mass is 10.1. The van der Waals surface area contributed by atoms with Gasteiger partial charge >= 0.3 is 0 Å². The molecule has 0 aromatic carbocycles. The third-order valence-electron chi connectivity index (χ3n) is 2.77. The van der Waals surface area contributed by atoms with Gasteiger partial charge in [0.25, 0.3) is 0 Å². The Morgan fingerprint density at radius 1 is 0.941 bits per heavy atom. The first-order valence-electron chi connectivity index (χ1n) is 7.09. The monoisotopic (exact) mass is 254 g/mol. The van der Waals surface area contributed by atoms with Crippen molar-refractivity contribution in [2.45, 2.75) is 77.9 Å². The average Bonchev–Trinajstić information content (AvgIpc) is 2.18. The molecule has 0 aliphatic heterocycles. The number of allylic oxidation sites excluding steroid dienone is 1. The van der Waals surface area contributed by atoms with Gasteiger partial charge in [-0.3, -0.25) is 0 Å². The van der Waals surface area contributed by atoms with E-state index in [1.54, 1.807) is 6.92 Å². The summed E-state index contributed by atoms with van der Waals surface area (Å²) >= 11 is 0. The first-order valence-corrected chi connectivity index (χ1v) is 10.7. The van der Waals surface area contributed by atoms with Crippen molar-refractivity contribution < 1.29 is 4.79 Å². The number of carbonyl (C=O) groups excluding carboxylic acids is 1.